The molecule has 0 spiro atoms. The lowest BCUT2D eigenvalue weighted by Crippen LogP contribution is -2.35. The molecule has 1 rings (SSSR count). The summed E-state index contributed by atoms with van der Waals surface area (Å²) in [7, 11) is 5.21. The third kappa shape index (κ3) is 1.99. The van der Waals surface area contributed by atoms with Gasteiger partial charge in [0.25, 0.3) is 5.56 Å². The van der Waals surface area contributed by atoms with E-state index in [4.69, 9.17) is 5.73 Å². The van der Waals surface area contributed by atoms with Crippen LogP contribution in [0.15, 0.2) is 23.9 Å². The number of rotatable bonds is 3. The number of hydrogen-bond acceptors (Lipinski definition) is 5. The Morgan fingerprint density at radius 1 is 1.60 bits per heavy atom. The molecule has 0 aliphatic carbocycles. The average molecular weight is 209 g/mol. The first-order valence-corrected chi connectivity index (χ1v) is 4.39. The Bertz CT molecular complexity index is 423. The molecule has 1 aromatic rings. The van der Waals surface area contributed by atoms with E-state index in [1.165, 1.54) is 17.1 Å². The summed E-state index contributed by atoms with van der Waals surface area (Å²) in [4.78, 5) is 15.6. The Hall–Kier alpha value is -1.82. The van der Waals surface area contributed by atoms with E-state index < -0.39 is 0 Å². The van der Waals surface area contributed by atoms with Crippen LogP contribution in [0.1, 0.15) is 0 Å². The van der Waals surface area contributed by atoms with Crippen LogP contribution < -0.4 is 16.3 Å². The first-order chi connectivity index (χ1) is 6.99. The van der Waals surface area contributed by atoms with Gasteiger partial charge in [-0.1, -0.05) is 6.58 Å². The molecule has 82 valence electrons. The summed E-state index contributed by atoms with van der Waals surface area (Å²) in [6.45, 7) is 3.63. The lowest BCUT2D eigenvalue weighted by atomic mass is 10.4. The van der Waals surface area contributed by atoms with Gasteiger partial charge in [0.2, 0.25) is 0 Å². The highest BCUT2D eigenvalue weighted by Gasteiger charge is 2.13. The Balaban J connectivity index is 3.32. The van der Waals surface area contributed by atoms with Gasteiger partial charge in [0, 0.05) is 27.3 Å². The highest BCUT2D eigenvalue weighted by atomic mass is 16.1. The predicted octanol–water partition coefficient (Wildman–Crippen LogP) is -0.211. The van der Waals surface area contributed by atoms with Gasteiger partial charge in [-0.2, -0.15) is 0 Å². The maximum Gasteiger partial charge on any atom is 0.278 e. The van der Waals surface area contributed by atoms with Crippen molar-refractivity contribution >= 4 is 11.5 Å². The summed E-state index contributed by atoms with van der Waals surface area (Å²) in [6.07, 6.45) is 2.96. The van der Waals surface area contributed by atoms with Gasteiger partial charge in [0.15, 0.2) is 5.82 Å². The van der Waals surface area contributed by atoms with E-state index in [2.05, 4.69) is 11.6 Å². The van der Waals surface area contributed by atoms with Gasteiger partial charge in [0.05, 0.1) is 6.33 Å². The normalized spacial score (nSPS) is 10.4. The van der Waals surface area contributed by atoms with Crippen LogP contribution in [0, 0.1) is 0 Å². The molecule has 0 saturated heterocycles. The van der Waals surface area contributed by atoms with E-state index in [1.807, 2.05) is 0 Å². The van der Waals surface area contributed by atoms with Gasteiger partial charge in [0.1, 0.15) is 5.69 Å². The van der Waals surface area contributed by atoms with Crippen LogP contribution in [0.25, 0.3) is 0 Å². The Labute approximate surface area is 88.2 Å². The van der Waals surface area contributed by atoms with Crippen molar-refractivity contribution in [1.29, 1.82) is 0 Å². The topological polar surface area (TPSA) is 67.4 Å². The van der Waals surface area contributed by atoms with Gasteiger partial charge < -0.3 is 10.3 Å². The lowest BCUT2D eigenvalue weighted by molar-refractivity contribution is 0.410. The maximum atomic E-state index is 11.6. The fraction of sp³-hybridized carbons (Fsp3) is 0.333. The van der Waals surface area contributed by atoms with Crippen molar-refractivity contribution in [2.24, 2.45) is 7.05 Å². The van der Waals surface area contributed by atoms with Gasteiger partial charge in [-0.15, -0.1) is 0 Å². The fourth-order valence-corrected chi connectivity index (χ4v) is 1.17. The number of nitrogens with two attached hydrogens (primary N) is 1. The van der Waals surface area contributed by atoms with Crippen LogP contribution >= 0.6 is 0 Å². The summed E-state index contributed by atoms with van der Waals surface area (Å²) in [5.74, 6) is 0.387. The number of hydrazine groups is 1. The molecule has 6 heteroatoms. The summed E-state index contributed by atoms with van der Waals surface area (Å²) in [5, 5.41) is 3.32. The Kier molecular flexibility index (Phi) is 3.11. The van der Waals surface area contributed by atoms with Gasteiger partial charge >= 0.3 is 0 Å². The standard InChI is InChI=1S/C9H15N5O/c1-5-14(12(2)3)8-7(10)9(15)13(4)6-11-8/h5-6H,1,10H2,2-4H3. The zero-order valence-corrected chi connectivity index (χ0v) is 9.14. The molecule has 2 N–H and O–H groups in total. The molecule has 0 unspecified atom stereocenters. The minimum atomic E-state index is -0.270. The van der Waals surface area contributed by atoms with E-state index in [0.717, 1.165) is 0 Å². The van der Waals surface area contributed by atoms with Gasteiger partial charge in [-0.3, -0.25) is 9.80 Å². The highest BCUT2D eigenvalue weighted by Crippen LogP contribution is 2.16. The Morgan fingerprint density at radius 3 is 2.67 bits per heavy atom. The van der Waals surface area contributed by atoms with Crippen molar-refractivity contribution in [2.45, 2.75) is 0 Å². The predicted molar refractivity (Wildman–Crippen MR) is 60.3 cm³/mol. The van der Waals surface area contributed by atoms with Crippen LogP contribution in [0.3, 0.4) is 0 Å². The fourth-order valence-electron chi connectivity index (χ4n) is 1.17. The van der Waals surface area contributed by atoms with Crippen LogP contribution in [-0.4, -0.2) is 28.7 Å². The summed E-state index contributed by atoms with van der Waals surface area (Å²) >= 11 is 0. The molecule has 0 radical (unpaired) electrons. The van der Waals surface area contributed by atoms with Crippen molar-refractivity contribution in [3.63, 3.8) is 0 Å². The van der Waals surface area contributed by atoms with E-state index in [0.29, 0.717) is 5.82 Å². The quantitative estimate of drug-likeness (QED) is 0.698. The van der Waals surface area contributed by atoms with Crippen LogP contribution in [-0.2, 0) is 7.05 Å². The third-order valence-electron chi connectivity index (χ3n) is 1.97. The molecule has 0 aliphatic heterocycles. The third-order valence-corrected chi connectivity index (χ3v) is 1.97. The second kappa shape index (κ2) is 4.14. The molecule has 6 nitrogen and oxygen atoms in total. The van der Waals surface area contributed by atoms with E-state index in [9.17, 15) is 4.79 Å². The maximum absolute atomic E-state index is 11.6. The summed E-state index contributed by atoms with van der Waals surface area (Å²) < 4.78 is 1.33. The van der Waals surface area contributed by atoms with Crippen LogP contribution in [0.2, 0.25) is 0 Å². The first-order valence-electron chi connectivity index (χ1n) is 4.39. The van der Waals surface area contributed by atoms with E-state index in [1.54, 1.807) is 31.2 Å². The average Bonchev–Trinajstić information content (AvgIpc) is 2.18. The highest BCUT2D eigenvalue weighted by molar-refractivity contribution is 5.61. The largest absolute Gasteiger partial charge is 0.391 e. The summed E-state index contributed by atoms with van der Waals surface area (Å²) in [6, 6.07) is 0. The smallest absolute Gasteiger partial charge is 0.278 e. The molecule has 0 aromatic carbocycles. The number of aromatic nitrogens is 2. The molecule has 0 fully saturated rings. The zero-order chi connectivity index (χ0) is 11.6. The van der Waals surface area contributed by atoms with E-state index >= 15 is 0 Å². The number of aryl methyl sites for hydroxylation is 1. The number of nitrogens with zero attached hydrogens (tertiary/aromatic N) is 4. The molecule has 1 aromatic heterocycles. The molecule has 0 bridgehead atoms. The first kappa shape index (κ1) is 11.3. The molecule has 0 atom stereocenters. The second-order valence-electron chi connectivity index (χ2n) is 3.27. The minimum absolute atomic E-state index is 0.105. The minimum Gasteiger partial charge on any atom is -0.391 e. The molecule has 15 heavy (non-hydrogen) atoms. The molecule has 0 aliphatic rings. The molecular weight excluding hydrogens is 194 g/mol. The van der Waals surface area contributed by atoms with Crippen molar-refractivity contribution in [3.8, 4) is 0 Å². The monoisotopic (exact) mass is 209 g/mol. The van der Waals surface area contributed by atoms with Crippen molar-refractivity contribution < 1.29 is 0 Å². The molecule has 0 amide bonds. The van der Waals surface area contributed by atoms with Crippen molar-refractivity contribution in [3.05, 3.63) is 29.5 Å². The number of nitrogen functional groups attached to an aromatic ring is 1. The molecular formula is C9H15N5O. The number of hydrogen-bond donors (Lipinski definition) is 1. The lowest BCUT2D eigenvalue weighted by Gasteiger charge is -2.26. The second-order valence-corrected chi connectivity index (χ2v) is 3.27. The van der Waals surface area contributed by atoms with Gasteiger partial charge in [-0.05, 0) is 0 Å². The molecule has 0 saturated carbocycles. The van der Waals surface area contributed by atoms with Gasteiger partial charge in [-0.25, -0.2) is 9.99 Å². The summed E-state index contributed by atoms with van der Waals surface area (Å²) in [5.41, 5.74) is 5.52. The van der Waals surface area contributed by atoms with Crippen LogP contribution in [0.4, 0.5) is 11.5 Å². The number of anilines is 2. The zero-order valence-electron chi connectivity index (χ0n) is 9.14. The van der Waals surface area contributed by atoms with Crippen molar-refractivity contribution in [1.82, 2.24) is 14.6 Å². The van der Waals surface area contributed by atoms with Crippen molar-refractivity contribution in [2.75, 3.05) is 24.8 Å². The van der Waals surface area contributed by atoms with Crippen LogP contribution in [0.5, 0.6) is 0 Å². The van der Waals surface area contributed by atoms with E-state index in [-0.39, 0.29) is 11.2 Å². The Morgan fingerprint density at radius 2 is 2.20 bits per heavy atom. The SMILES string of the molecule is C=CN(c1ncn(C)c(=O)c1N)N(C)C. The molecule has 1 heterocycles.